The van der Waals surface area contributed by atoms with Gasteiger partial charge >= 0.3 is 6.18 Å². The number of alkyl halides is 3. The highest BCUT2D eigenvalue weighted by Crippen LogP contribution is 2.32. The van der Waals surface area contributed by atoms with Crippen molar-refractivity contribution in [2.45, 2.75) is 38.2 Å². The first-order chi connectivity index (χ1) is 21.3. The number of ether oxygens (including phenoxy) is 2. The number of likely N-dealkylation sites (tertiary alicyclic amines) is 1. The number of amides is 1. The van der Waals surface area contributed by atoms with Gasteiger partial charge in [0, 0.05) is 42.7 Å². The van der Waals surface area contributed by atoms with Crippen LogP contribution in [-0.2, 0) is 15.7 Å². The van der Waals surface area contributed by atoms with Gasteiger partial charge in [0.25, 0.3) is 5.91 Å². The molecule has 0 radical (unpaired) electrons. The second-order valence-corrected chi connectivity index (χ2v) is 10.7. The minimum Gasteiger partial charge on any atom is -0.381 e. The Kier molecular flexibility index (Phi) is 10.3. The molecule has 0 spiro atoms. The summed E-state index contributed by atoms with van der Waals surface area (Å²) in [6.45, 7) is 4.64. The van der Waals surface area contributed by atoms with Gasteiger partial charge in [-0.25, -0.2) is 0 Å². The Morgan fingerprint density at radius 2 is 1.59 bits per heavy atom. The fourth-order valence-electron chi connectivity index (χ4n) is 5.32. The highest BCUT2D eigenvalue weighted by molar-refractivity contribution is 6.08. The normalized spacial score (nSPS) is 16.0. The molecule has 2 N–H and O–H groups in total. The van der Waals surface area contributed by atoms with E-state index >= 15 is 0 Å². The van der Waals surface area contributed by atoms with Crippen molar-refractivity contribution in [2.24, 2.45) is 0 Å². The number of nitrogens with one attached hydrogen (secondary N) is 2. The summed E-state index contributed by atoms with van der Waals surface area (Å²) in [4.78, 5) is 15.5. The Balaban J connectivity index is 1.19. The molecule has 0 aromatic heterocycles. The van der Waals surface area contributed by atoms with Gasteiger partial charge in [-0.2, -0.15) is 13.2 Å². The third kappa shape index (κ3) is 8.05. The summed E-state index contributed by atoms with van der Waals surface area (Å²) in [5.74, 6) is -0.345. The SMILES string of the molecule is CCCOCOC(c1ccccc1)N1CCC(Nc2ccc(NC(=O)c3ccccc3-c3ccc(C(F)(F)F)cc3)cc2)C1. The molecular formula is C35H36F3N3O3. The van der Waals surface area contributed by atoms with E-state index in [4.69, 9.17) is 9.47 Å². The smallest absolute Gasteiger partial charge is 0.381 e. The lowest BCUT2D eigenvalue weighted by molar-refractivity contribution is -0.140. The largest absolute Gasteiger partial charge is 0.416 e. The van der Waals surface area contributed by atoms with Crippen LogP contribution in [0.25, 0.3) is 11.1 Å². The van der Waals surface area contributed by atoms with Gasteiger partial charge in [0.05, 0.1) is 5.56 Å². The van der Waals surface area contributed by atoms with Crippen molar-refractivity contribution < 1.29 is 27.4 Å². The van der Waals surface area contributed by atoms with Crippen LogP contribution in [0.15, 0.2) is 103 Å². The highest BCUT2D eigenvalue weighted by Gasteiger charge is 2.31. The number of benzene rings is 4. The summed E-state index contributed by atoms with van der Waals surface area (Å²) in [6, 6.07) is 29.5. The standard InChI is InChI=1S/C35H36F3N3O3/c1-2-22-43-24-44-34(26-8-4-3-5-9-26)41-21-20-30(23-41)39-28-16-18-29(19-17-28)40-33(42)32-11-7-6-10-31(32)25-12-14-27(15-13-25)35(36,37)38/h3-19,30,34,39H,2,20-24H2,1H3,(H,40,42). The zero-order chi connectivity index (χ0) is 30.9. The van der Waals surface area contributed by atoms with Crippen LogP contribution in [0.3, 0.4) is 0 Å². The molecule has 1 heterocycles. The van der Waals surface area contributed by atoms with Gasteiger partial charge in [-0.1, -0.05) is 67.6 Å². The Bertz CT molecular complexity index is 1500. The van der Waals surface area contributed by atoms with Crippen LogP contribution in [0.5, 0.6) is 0 Å². The number of anilines is 2. The molecule has 5 rings (SSSR count). The highest BCUT2D eigenvalue weighted by atomic mass is 19.4. The third-order valence-electron chi connectivity index (χ3n) is 7.50. The molecule has 0 aliphatic carbocycles. The van der Waals surface area contributed by atoms with Crippen molar-refractivity contribution in [1.29, 1.82) is 0 Å². The van der Waals surface area contributed by atoms with E-state index < -0.39 is 11.7 Å². The molecule has 1 saturated heterocycles. The summed E-state index contributed by atoms with van der Waals surface area (Å²) in [7, 11) is 0. The zero-order valence-electron chi connectivity index (χ0n) is 24.5. The molecule has 1 fully saturated rings. The van der Waals surface area contributed by atoms with Gasteiger partial charge in [-0.05, 0) is 72.0 Å². The quantitative estimate of drug-likeness (QED) is 0.126. The Morgan fingerprint density at radius 1 is 0.909 bits per heavy atom. The van der Waals surface area contributed by atoms with Crippen LogP contribution >= 0.6 is 0 Å². The molecule has 2 atom stereocenters. The monoisotopic (exact) mass is 603 g/mol. The zero-order valence-corrected chi connectivity index (χ0v) is 24.5. The van der Waals surface area contributed by atoms with Crippen LogP contribution in [-0.4, -0.2) is 43.3 Å². The molecule has 6 nitrogen and oxygen atoms in total. The summed E-state index contributed by atoms with van der Waals surface area (Å²) >= 11 is 0. The van der Waals surface area contributed by atoms with Gasteiger partial charge in [0.15, 0.2) is 0 Å². The van der Waals surface area contributed by atoms with Crippen molar-refractivity contribution in [3.05, 3.63) is 120 Å². The number of hydrogen-bond donors (Lipinski definition) is 2. The average Bonchev–Trinajstić information content (AvgIpc) is 3.50. The van der Waals surface area contributed by atoms with Crippen LogP contribution in [0.1, 0.15) is 47.5 Å². The van der Waals surface area contributed by atoms with Crippen molar-refractivity contribution in [1.82, 2.24) is 4.90 Å². The average molecular weight is 604 g/mol. The molecule has 0 saturated carbocycles. The van der Waals surface area contributed by atoms with Gasteiger partial charge in [-0.3, -0.25) is 9.69 Å². The molecule has 1 aliphatic heterocycles. The molecule has 2 unspecified atom stereocenters. The minimum atomic E-state index is -4.42. The van der Waals surface area contributed by atoms with Gasteiger partial charge in [-0.15, -0.1) is 0 Å². The van der Waals surface area contributed by atoms with E-state index in [2.05, 4.69) is 34.6 Å². The van der Waals surface area contributed by atoms with E-state index in [0.717, 1.165) is 49.3 Å². The predicted molar refractivity (Wildman–Crippen MR) is 166 cm³/mol. The second-order valence-electron chi connectivity index (χ2n) is 10.7. The number of halogens is 3. The molecule has 1 amide bonds. The molecule has 0 bridgehead atoms. The Labute approximate surface area is 255 Å². The molecule has 1 aliphatic rings. The summed E-state index contributed by atoms with van der Waals surface area (Å²) in [5.41, 5.74) is 3.36. The lowest BCUT2D eigenvalue weighted by atomic mass is 9.98. The van der Waals surface area contributed by atoms with Crippen molar-refractivity contribution >= 4 is 17.3 Å². The lowest BCUT2D eigenvalue weighted by Gasteiger charge is -2.28. The number of nitrogens with zero attached hydrogens (tertiary/aromatic N) is 1. The second kappa shape index (κ2) is 14.5. The first kappa shape index (κ1) is 31.3. The number of carbonyl (C=O) groups is 1. The van der Waals surface area contributed by atoms with Crippen molar-refractivity contribution in [3.63, 3.8) is 0 Å². The minimum absolute atomic E-state index is 0.192. The maximum atomic E-state index is 13.2. The maximum absolute atomic E-state index is 13.2. The molecule has 4 aromatic carbocycles. The Hall–Kier alpha value is -4.18. The van der Waals surface area contributed by atoms with E-state index in [1.54, 1.807) is 24.3 Å². The topological polar surface area (TPSA) is 62.8 Å². The molecular weight excluding hydrogens is 567 g/mol. The van der Waals surface area contributed by atoms with Crippen LogP contribution in [0.2, 0.25) is 0 Å². The summed E-state index contributed by atoms with van der Waals surface area (Å²) in [6.07, 6.45) is -2.73. The number of rotatable bonds is 12. The van der Waals surface area contributed by atoms with Gasteiger partial charge < -0.3 is 20.1 Å². The van der Waals surface area contributed by atoms with E-state index in [9.17, 15) is 18.0 Å². The van der Waals surface area contributed by atoms with E-state index in [-0.39, 0.29) is 25.0 Å². The fourth-order valence-corrected chi connectivity index (χ4v) is 5.32. The summed E-state index contributed by atoms with van der Waals surface area (Å²) < 4.78 is 50.8. The van der Waals surface area contributed by atoms with Crippen LogP contribution in [0, 0.1) is 0 Å². The molecule has 44 heavy (non-hydrogen) atoms. The fraction of sp³-hybridized carbons (Fsp3) is 0.286. The Morgan fingerprint density at radius 3 is 2.30 bits per heavy atom. The summed E-state index contributed by atoms with van der Waals surface area (Å²) in [5, 5.41) is 6.50. The van der Waals surface area contributed by atoms with E-state index in [1.807, 2.05) is 42.5 Å². The number of hydrogen-bond acceptors (Lipinski definition) is 5. The van der Waals surface area contributed by atoms with Crippen LogP contribution < -0.4 is 10.6 Å². The first-order valence-corrected chi connectivity index (χ1v) is 14.7. The van der Waals surface area contributed by atoms with E-state index in [0.29, 0.717) is 29.0 Å². The van der Waals surface area contributed by atoms with Gasteiger partial charge in [0.1, 0.15) is 13.0 Å². The number of carbonyl (C=O) groups excluding carboxylic acids is 1. The van der Waals surface area contributed by atoms with E-state index in [1.165, 1.54) is 12.1 Å². The molecule has 230 valence electrons. The van der Waals surface area contributed by atoms with Gasteiger partial charge in [0.2, 0.25) is 0 Å². The van der Waals surface area contributed by atoms with Crippen molar-refractivity contribution in [3.8, 4) is 11.1 Å². The van der Waals surface area contributed by atoms with Crippen LogP contribution in [0.4, 0.5) is 24.5 Å². The maximum Gasteiger partial charge on any atom is 0.416 e. The molecule has 4 aromatic rings. The first-order valence-electron chi connectivity index (χ1n) is 14.7. The predicted octanol–water partition coefficient (Wildman–Crippen LogP) is 8.21. The lowest BCUT2D eigenvalue weighted by Crippen LogP contribution is -2.32. The third-order valence-corrected chi connectivity index (χ3v) is 7.50. The molecule has 9 heteroatoms. The van der Waals surface area contributed by atoms with Crippen molar-refractivity contribution in [2.75, 3.05) is 37.1 Å².